The number of nitrogens with zero attached hydrogens (tertiary/aromatic N) is 2. The molecule has 1 N–H and O–H groups in total. The van der Waals surface area contributed by atoms with E-state index in [1.807, 2.05) is 14.0 Å². The van der Waals surface area contributed by atoms with Gasteiger partial charge < -0.3 is 5.32 Å². The average Bonchev–Trinajstić information content (AvgIpc) is 2.97. The van der Waals surface area contributed by atoms with Gasteiger partial charge in [0.1, 0.15) is 5.15 Å². The Kier molecular flexibility index (Phi) is 3.55. The fourth-order valence-electron chi connectivity index (χ4n) is 2.09. The van der Waals surface area contributed by atoms with Crippen LogP contribution in [0.25, 0.3) is 0 Å². The molecule has 1 atom stereocenters. The van der Waals surface area contributed by atoms with Crippen molar-refractivity contribution in [3.63, 3.8) is 0 Å². The van der Waals surface area contributed by atoms with Gasteiger partial charge in [0.15, 0.2) is 0 Å². The van der Waals surface area contributed by atoms with Crippen LogP contribution >= 0.6 is 11.6 Å². The van der Waals surface area contributed by atoms with E-state index in [1.165, 1.54) is 19.3 Å². The first-order valence-corrected chi connectivity index (χ1v) is 6.37. The zero-order valence-electron chi connectivity index (χ0n) is 10.3. The molecule has 1 unspecified atom stereocenters. The number of aromatic nitrogens is 2. The van der Waals surface area contributed by atoms with E-state index in [-0.39, 0.29) is 0 Å². The number of rotatable bonds is 5. The smallest absolute Gasteiger partial charge is 0.131 e. The highest BCUT2D eigenvalue weighted by Crippen LogP contribution is 2.33. The second kappa shape index (κ2) is 4.76. The Morgan fingerprint density at radius 1 is 1.56 bits per heavy atom. The molecular weight excluding hydrogens is 222 g/mol. The lowest BCUT2D eigenvalue weighted by Crippen LogP contribution is -2.26. The molecule has 4 heteroatoms. The Morgan fingerprint density at radius 2 is 2.25 bits per heavy atom. The summed E-state index contributed by atoms with van der Waals surface area (Å²) in [5, 5.41) is 8.59. The van der Waals surface area contributed by atoms with Crippen molar-refractivity contribution in [3.05, 3.63) is 16.4 Å². The van der Waals surface area contributed by atoms with Crippen LogP contribution in [0.5, 0.6) is 0 Å². The Morgan fingerprint density at radius 3 is 2.75 bits per heavy atom. The second-order valence-corrected chi connectivity index (χ2v) is 5.30. The van der Waals surface area contributed by atoms with Crippen LogP contribution in [0.1, 0.15) is 37.4 Å². The topological polar surface area (TPSA) is 29.9 Å². The first kappa shape index (κ1) is 11.9. The van der Waals surface area contributed by atoms with Crippen molar-refractivity contribution in [1.82, 2.24) is 15.1 Å². The fraction of sp³-hybridized carbons (Fsp3) is 0.750. The Hall–Kier alpha value is -0.540. The number of hydrogen-bond acceptors (Lipinski definition) is 2. The summed E-state index contributed by atoms with van der Waals surface area (Å²) in [6, 6.07) is 0.572. The van der Waals surface area contributed by atoms with Crippen LogP contribution < -0.4 is 5.32 Å². The average molecular weight is 242 g/mol. The van der Waals surface area contributed by atoms with Gasteiger partial charge in [0.2, 0.25) is 0 Å². The van der Waals surface area contributed by atoms with Gasteiger partial charge in [-0.1, -0.05) is 24.4 Å². The molecular formula is C12H20ClN3. The van der Waals surface area contributed by atoms with Gasteiger partial charge >= 0.3 is 0 Å². The summed E-state index contributed by atoms with van der Waals surface area (Å²) in [5.74, 6) is 0.966. The van der Waals surface area contributed by atoms with Gasteiger partial charge in [-0.2, -0.15) is 5.10 Å². The summed E-state index contributed by atoms with van der Waals surface area (Å²) in [6.07, 6.45) is 4.12. The van der Waals surface area contributed by atoms with E-state index in [1.54, 1.807) is 4.68 Å². The summed E-state index contributed by atoms with van der Waals surface area (Å²) >= 11 is 6.18. The van der Waals surface area contributed by atoms with E-state index in [0.29, 0.717) is 6.04 Å². The molecule has 0 bridgehead atoms. The molecule has 1 heterocycles. The molecule has 3 nitrogen and oxygen atoms in total. The number of aryl methyl sites for hydroxylation is 2. The SMILES string of the molecule is Cc1nn(C)c(Cl)c1CNC(C)CC1CC1. The molecule has 1 aliphatic carbocycles. The zero-order chi connectivity index (χ0) is 11.7. The maximum absolute atomic E-state index is 6.18. The molecule has 1 aliphatic rings. The lowest BCUT2D eigenvalue weighted by Gasteiger charge is -2.12. The van der Waals surface area contributed by atoms with Crippen molar-refractivity contribution in [1.29, 1.82) is 0 Å². The summed E-state index contributed by atoms with van der Waals surface area (Å²) < 4.78 is 1.74. The van der Waals surface area contributed by atoms with Crippen LogP contribution in [-0.4, -0.2) is 15.8 Å². The van der Waals surface area contributed by atoms with Crippen molar-refractivity contribution in [2.24, 2.45) is 13.0 Å². The highest BCUT2D eigenvalue weighted by atomic mass is 35.5. The first-order chi connectivity index (χ1) is 7.58. The normalized spacial score (nSPS) is 17.8. The van der Waals surface area contributed by atoms with Crippen LogP contribution in [0.15, 0.2) is 0 Å². The van der Waals surface area contributed by atoms with Crippen molar-refractivity contribution in [2.75, 3.05) is 0 Å². The van der Waals surface area contributed by atoms with E-state index in [4.69, 9.17) is 11.6 Å². The van der Waals surface area contributed by atoms with E-state index in [0.717, 1.165) is 28.9 Å². The van der Waals surface area contributed by atoms with Gasteiger partial charge in [-0.05, 0) is 26.2 Å². The van der Waals surface area contributed by atoms with Gasteiger partial charge in [0.25, 0.3) is 0 Å². The Bertz CT molecular complexity index is 369. The third-order valence-corrected chi connectivity index (χ3v) is 3.75. The van der Waals surface area contributed by atoms with Crippen LogP contribution in [0.3, 0.4) is 0 Å². The lowest BCUT2D eigenvalue weighted by molar-refractivity contribution is 0.487. The van der Waals surface area contributed by atoms with E-state index in [9.17, 15) is 0 Å². The van der Waals surface area contributed by atoms with E-state index < -0.39 is 0 Å². The number of halogens is 1. The summed E-state index contributed by atoms with van der Waals surface area (Å²) in [5.41, 5.74) is 2.16. The van der Waals surface area contributed by atoms with Gasteiger partial charge in [0, 0.05) is 25.2 Å². The van der Waals surface area contributed by atoms with Crippen LogP contribution in [0.4, 0.5) is 0 Å². The Labute approximate surface area is 102 Å². The minimum Gasteiger partial charge on any atom is -0.310 e. The quantitative estimate of drug-likeness (QED) is 0.859. The van der Waals surface area contributed by atoms with Crippen molar-refractivity contribution < 1.29 is 0 Å². The molecule has 0 aliphatic heterocycles. The summed E-state index contributed by atoms with van der Waals surface area (Å²) in [4.78, 5) is 0. The maximum atomic E-state index is 6.18. The molecule has 0 radical (unpaired) electrons. The molecule has 1 fully saturated rings. The second-order valence-electron chi connectivity index (χ2n) is 4.94. The molecule has 0 amide bonds. The minimum atomic E-state index is 0.572. The monoisotopic (exact) mass is 241 g/mol. The molecule has 1 saturated carbocycles. The third-order valence-electron chi connectivity index (χ3n) is 3.28. The van der Waals surface area contributed by atoms with E-state index in [2.05, 4.69) is 17.3 Å². The van der Waals surface area contributed by atoms with Crippen molar-refractivity contribution in [3.8, 4) is 0 Å². The molecule has 0 spiro atoms. The van der Waals surface area contributed by atoms with Gasteiger partial charge in [-0.25, -0.2) is 0 Å². The number of nitrogens with one attached hydrogen (secondary N) is 1. The standard InChI is InChI=1S/C12H20ClN3/c1-8(6-10-4-5-10)14-7-11-9(2)15-16(3)12(11)13/h8,10,14H,4-7H2,1-3H3. The Balaban J connectivity index is 1.87. The number of hydrogen-bond donors (Lipinski definition) is 1. The molecule has 16 heavy (non-hydrogen) atoms. The molecule has 1 aromatic heterocycles. The lowest BCUT2D eigenvalue weighted by atomic mass is 10.1. The maximum Gasteiger partial charge on any atom is 0.131 e. The minimum absolute atomic E-state index is 0.572. The predicted octanol–water partition coefficient (Wildman–Crippen LogP) is 2.66. The van der Waals surface area contributed by atoms with Gasteiger partial charge in [-0.3, -0.25) is 4.68 Å². The first-order valence-electron chi connectivity index (χ1n) is 5.99. The predicted molar refractivity (Wildman–Crippen MR) is 66.6 cm³/mol. The zero-order valence-corrected chi connectivity index (χ0v) is 11.0. The van der Waals surface area contributed by atoms with Crippen molar-refractivity contribution >= 4 is 11.6 Å². The highest BCUT2D eigenvalue weighted by Gasteiger charge is 2.23. The summed E-state index contributed by atoms with van der Waals surface area (Å²) in [6.45, 7) is 5.08. The summed E-state index contributed by atoms with van der Waals surface area (Å²) in [7, 11) is 1.88. The molecule has 2 rings (SSSR count). The molecule has 1 aromatic rings. The van der Waals surface area contributed by atoms with Gasteiger partial charge in [0.05, 0.1) is 5.69 Å². The van der Waals surface area contributed by atoms with Gasteiger partial charge in [-0.15, -0.1) is 0 Å². The fourth-order valence-corrected chi connectivity index (χ4v) is 2.33. The third kappa shape index (κ3) is 2.77. The molecule has 0 aromatic carbocycles. The van der Waals surface area contributed by atoms with Crippen LogP contribution in [0.2, 0.25) is 5.15 Å². The largest absolute Gasteiger partial charge is 0.310 e. The highest BCUT2D eigenvalue weighted by molar-refractivity contribution is 6.30. The molecule has 90 valence electrons. The van der Waals surface area contributed by atoms with Crippen LogP contribution in [-0.2, 0) is 13.6 Å². The van der Waals surface area contributed by atoms with Crippen LogP contribution in [0, 0.1) is 12.8 Å². The van der Waals surface area contributed by atoms with Crippen molar-refractivity contribution in [2.45, 2.75) is 45.7 Å². The molecule has 0 saturated heterocycles. The van der Waals surface area contributed by atoms with E-state index >= 15 is 0 Å².